The van der Waals surface area contributed by atoms with Crippen LogP contribution in [0.5, 0.6) is 11.5 Å². The molecule has 0 saturated heterocycles. The first-order chi connectivity index (χ1) is 13.1. The first-order valence-electron chi connectivity index (χ1n) is 7.74. The fourth-order valence-corrected chi connectivity index (χ4v) is 2.21. The van der Waals surface area contributed by atoms with Crippen molar-refractivity contribution in [3.05, 3.63) is 60.0 Å². The number of benzene rings is 2. The summed E-state index contributed by atoms with van der Waals surface area (Å²) in [5.74, 6) is -0.498. The van der Waals surface area contributed by atoms with Crippen LogP contribution in [0, 0.1) is 0 Å². The molecule has 0 aliphatic heterocycles. The van der Waals surface area contributed by atoms with E-state index < -0.39 is 12.6 Å². The van der Waals surface area contributed by atoms with Gasteiger partial charge in [-0.1, -0.05) is 18.2 Å². The number of ether oxygens (including phenoxy) is 3. The lowest BCUT2D eigenvalue weighted by Gasteiger charge is -2.10. The van der Waals surface area contributed by atoms with Crippen molar-refractivity contribution >= 4 is 5.97 Å². The monoisotopic (exact) mass is 376 g/mol. The molecule has 0 spiro atoms. The van der Waals surface area contributed by atoms with E-state index in [4.69, 9.17) is 13.9 Å². The van der Waals surface area contributed by atoms with Crippen LogP contribution in [0.15, 0.2) is 52.9 Å². The Morgan fingerprint density at radius 1 is 1.11 bits per heavy atom. The zero-order valence-corrected chi connectivity index (χ0v) is 14.1. The summed E-state index contributed by atoms with van der Waals surface area (Å²) in [4.78, 5) is 12.1. The average Bonchev–Trinajstić information content (AvgIpc) is 3.16. The molecule has 1 heterocycles. The quantitative estimate of drug-likeness (QED) is 0.581. The Morgan fingerprint density at radius 3 is 2.59 bits per heavy atom. The summed E-state index contributed by atoms with van der Waals surface area (Å²) < 4.78 is 44.5. The molecule has 0 atom stereocenters. The number of hydrogen-bond acceptors (Lipinski definition) is 7. The third-order valence-corrected chi connectivity index (χ3v) is 3.43. The largest absolute Gasteiger partial charge is 0.493 e. The van der Waals surface area contributed by atoms with E-state index in [-0.39, 0.29) is 29.6 Å². The molecule has 1 aromatic heterocycles. The van der Waals surface area contributed by atoms with Gasteiger partial charge in [-0.2, -0.15) is 8.78 Å². The normalized spacial score (nSPS) is 10.7. The number of carbonyl (C=O) groups is 1. The molecular weight excluding hydrogens is 362 g/mol. The fraction of sp³-hybridized carbons (Fsp3) is 0.167. The second-order valence-electron chi connectivity index (χ2n) is 5.19. The standard InChI is InChI=1S/C18H14F2N2O5/c1-24-14-9-12(7-8-13(14)26-18(19)20)17(23)25-10-15-21-22-16(27-15)11-5-3-2-4-6-11/h2-9,18H,10H2,1H3. The van der Waals surface area contributed by atoms with Crippen molar-refractivity contribution < 1.29 is 32.2 Å². The van der Waals surface area contributed by atoms with Gasteiger partial charge in [0.1, 0.15) is 0 Å². The summed E-state index contributed by atoms with van der Waals surface area (Å²) in [6.07, 6.45) is 0. The Morgan fingerprint density at radius 2 is 1.89 bits per heavy atom. The van der Waals surface area contributed by atoms with Gasteiger partial charge in [-0.25, -0.2) is 4.79 Å². The van der Waals surface area contributed by atoms with E-state index >= 15 is 0 Å². The molecule has 140 valence electrons. The summed E-state index contributed by atoms with van der Waals surface area (Å²) in [5, 5.41) is 7.70. The molecule has 7 nitrogen and oxygen atoms in total. The van der Waals surface area contributed by atoms with Gasteiger partial charge in [-0.3, -0.25) is 0 Å². The number of rotatable bonds is 7. The van der Waals surface area contributed by atoms with Crippen LogP contribution >= 0.6 is 0 Å². The van der Waals surface area contributed by atoms with E-state index in [9.17, 15) is 13.6 Å². The minimum absolute atomic E-state index is 0.0195. The summed E-state index contributed by atoms with van der Waals surface area (Å²) in [7, 11) is 1.27. The van der Waals surface area contributed by atoms with Crippen molar-refractivity contribution in [3.63, 3.8) is 0 Å². The Labute approximate surface area is 152 Å². The second kappa shape index (κ2) is 8.26. The van der Waals surface area contributed by atoms with E-state index in [0.29, 0.717) is 5.89 Å². The molecule has 0 aliphatic rings. The lowest BCUT2D eigenvalue weighted by atomic mass is 10.2. The third kappa shape index (κ3) is 4.57. The highest BCUT2D eigenvalue weighted by molar-refractivity contribution is 5.90. The Balaban J connectivity index is 1.65. The molecule has 3 rings (SSSR count). The molecule has 0 bridgehead atoms. The molecule has 0 N–H and O–H groups in total. The van der Waals surface area contributed by atoms with Gasteiger partial charge in [0, 0.05) is 5.56 Å². The summed E-state index contributed by atoms with van der Waals surface area (Å²) >= 11 is 0. The number of halogens is 2. The van der Waals surface area contributed by atoms with Gasteiger partial charge >= 0.3 is 12.6 Å². The Bertz CT molecular complexity index is 915. The zero-order valence-electron chi connectivity index (χ0n) is 14.1. The SMILES string of the molecule is COc1cc(C(=O)OCc2nnc(-c3ccccc3)o2)ccc1OC(F)F. The molecule has 27 heavy (non-hydrogen) atoms. The van der Waals surface area contributed by atoms with Gasteiger partial charge in [0.05, 0.1) is 12.7 Å². The minimum Gasteiger partial charge on any atom is -0.493 e. The molecule has 0 unspecified atom stereocenters. The number of esters is 1. The highest BCUT2D eigenvalue weighted by Gasteiger charge is 2.16. The molecule has 9 heteroatoms. The van der Waals surface area contributed by atoms with Crippen molar-refractivity contribution in [1.82, 2.24) is 10.2 Å². The molecular formula is C18H14F2N2O5. The predicted molar refractivity (Wildman–Crippen MR) is 88.5 cm³/mol. The average molecular weight is 376 g/mol. The van der Waals surface area contributed by atoms with Crippen LogP contribution in [-0.4, -0.2) is 29.9 Å². The van der Waals surface area contributed by atoms with E-state index in [2.05, 4.69) is 14.9 Å². The Hall–Kier alpha value is -3.49. The number of hydrogen-bond donors (Lipinski definition) is 0. The van der Waals surface area contributed by atoms with Crippen molar-refractivity contribution in [2.45, 2.75) is 13.2 Å². The third-order valence-electron chi connectivity index (χ3n) is 3.43. The number of aromatic nitrogens is 2. The maximum atomic E-state index is 12.3. The lowest BCUT2D eigenvalue weighted by molar-refractivity contribution is -0.0512. The second-order valence-corrected chi connectivity index (χ2v) is 5.19. The highest BCUT2D eigenvalue weighted by Crippen LogP contribution is 2.29. The molecule has 0 aliphatic carbocycles. The van der Waals surface area contributed by atoms with E-state index in [0.717, 1.165) is 5.56 Å². The smallest absolute Gasteiger partial charge is 0.387 e. The van der Waals surface area contributed by atoms with Gasteiger partial charge in [0.2, 0.25) is 5.89 Å². The van der Waals surface area contributed by atoms with E-state index in [1.807, 2.05) is 18.2 Å². The van der Waals surface area contributed by atoms with Gasteiger partial charge in [0.15, 0.2) is 18.1 Å². The summed E-state index contributed by atoms with van der Waals surface area (Å²) in [6, 6.07) is 12.8. The van der Waals surface area contributed by atoms with Gasteiger partial charge in [0.25, 0.3) is 5.89 Å². The Kier molecular flexibility index (Phi) is 5.60. The molecule has 0 amide bonds. The van der Waals surface area contributed by atoms with Crippen LogP contribution < -0.4 is 9.47 Å². The first-order valence-corrected chi connectivity index (χ1v) is 7.74. The van der Waals surface area contributed by atoms with Crippen molar-refractivity contribution in [2.24, 2.45) is 0 Å². The number of alkyl halides is 2. The molecule has 0 saturated carbocycles. The number of nitrogens with zero attached hydrogens (tertiary/aromatic N) is 2. The van der Waals surface area contributed by atoms with Crippen LogP contribution in [0.4, 0.5) is 8.78 Å². The van der Waals surface area contributed by atoms with Crippen molar-refractivity contribution in [3.8, 4) is 23.0 Å². The van der Waals surface area contributed by atoms with Crippen LogP contribution in [0.25, 0.3) is 11.5 Å². The van der Waals surface area contributed by atoms with Gasteiger partial charge in [-0.05, 0) is 30.3 Å². The highest BCUT2D eigenvalue weighted by atomic mass is 19.3. The molecule has 0 fully saturated rings. The lowest BCUT2D eigenvalue weighted by Crippen LogP contribution is -2.07. The molecule has 3 aromatic rings. The maximum absolute atomic E-state index is 12.3. The van der Waals surface area contributed by atoms with E-state index in [1.165, 1.54) is 25.3 Å². The molecule has 0 radical (unpaired) electrons. The van der Waals surface area contributed by atoms with Gasteiger partial charge in [-0.15, -0.1) is 10.2 Å². The summed E-state index contributed by atoms with van der Waals surface area (Å²) in [5.41, 5.74) is 0.832. The number of methoxy groups -OCH3 is 1. The predicted octanol–water partition coefficient (Wildman–Crippen LogP) is 3.70. The zero-order chi connectivity index (χ0) is 19.2. The van der Waals surface area contributed by atoms with Crippen LogP contribution in [0.1, 0.15) is 16.2 Å². The van der Waals surface area contributed by atoms with E-state index in [1.54, 1.807) is 12.1 Å². The summed E-state index contributed by atoms with van der Waals surface area (Å²) in [6.45, 7) is -3.25. The number of carbonyl (C=O) groups excluding carboxylic acids is 1. The maximum Gasteiger partial charge on any atom is 0.387 e. The van der Waals surface area contributed by atoms with Crippen molar-refractivity contribution in [1.29, 1.82) is 0 Å². The topological polar surface area (TPSA) is 83.7 Å². The van der Waals surface area contributed by atoms with Crippen LogP contribution in [-0.2, 0) is 11.3 Å². The van der Waals surface area contributed by atoms with Crippen LogP contribution in [0.3, 0.4) is 0 Å². The molecule has 2 aromatic carbocycles. The van der Waals surface area contributed by atoms with Gasteiger partial charge < -0.3 is 18.6 Å². The van der Waals surface area contributed by atoms with Crippen molar-refractivity contribution in [2.75, 3.05) is 7.11 Å². The minimum atomic E-state index is -3.01. The van der Waals surface area contributed by atoms with Crippen LogP contribution in [0.2, 0.25) is 0 Å². The fourth-order valence-electron chi connectivity index (χ4n) is 2.21. The first kappa shape index (κ1) is 18.3.